The minimum atomic E-state index is 0.755. The van der Waals surface area contributed by atoms with E-state index in [2.05, 4.69) is 32.1 Å². The third-order valence-electron chi connectivity index (χ3n) is 2.84. The molecule has 102 valence electrons. The number of nitrogens with one attached hydrogen (secondary N) is 1. The Morgan fingerprint density at radius 1 is 1.37 bits per heavy atom. The molecule has 0 saturated carbocycles. The molecule has 2 aromatic heterocycles. The van der Waals surface area contributed by atoms with Gasteiger partial charge < -0.3 is 10.2 Å². The largest absolute Gasteiger partial charge is 0.353 e. The van der Waals surface area contributed by atoms with Crippen molar-refractivity contribution in [3.63, 3.8) is 0 Å². The summed E-state index contributed by atoms with van der Waals surface area (Å²) in [5, 5.41) is 3.26. The average Bonchev–Trinajstić information content (AvgIpc) is 2.82. The molecule has 19 heavy (non-hydrogen) atoms. The van der Waals surface area contributed by atoms with Crippen molar-refractivity contribution in [3.05, 3.63) is 34.2 Å². The SMILES string of the molecule is CCNCc1cncc(N(C)Cc2scnc2C)n1. The number of nitrogens with zero attached hydrogens (tertiary/aromatic N) is 4. The highest BCUT2D eigenvalue weighted by molar-refractivity contribution is 7.09. The predicted octanol–water partition coefficient (Wildman–Crippen LogP) is 1.99. The predicted molar refractivity (Wildman–Crippen MR) is 78.4 cm³/mol. The lowest BCUT2D eigenvalue weighted by atomic mass is 10.3. The molecule has 1 N–H and O–H groups in total. The van der Waals surface area contributed by atoms with E-state index in [1.165, 1.54) is 4.88 Å². The van der Waals surface area contributed by atoms with Gasteiger partial charge in [0, 0.05) is 24.7 Å². The fraction of sp³-hybridized carbons (Fsp3) is 0.462. The molecule has 0 atom stereocenters. The second-order valence-electron chi connectivity index (χ2n) is 4.37. The van der Waals surface area contributed by atoms with E-state index in [0.717, 1.165) is 36.8 Å². The summed E-state index contributed by atoms with van der Waals surface area (Å²) in [4.78, 5) is 16.5. The average molecular weight is 277 g/mol. The lowest BCUT2D eigenvalue weighted by Crippen LogP contribution is -2.20. The third kappa shape index (κ3) is 3.71. The summed E-state index contributed by atoms with van der Waals surface area (Å²) >= 11 is 1.68. The van der Waals surface area contributed by atoms with E-state index in [1.54, 1.807) is 23.7 Å². The van der Waals surface area contributed by atoms with Crippen LogP contribution in [0.2, 0.25) is 0 Å². The van der Waals surface area contributed by atoms with E-state index in [9.17, 15) is 0 Å². The Balaban J connectivity index is 2.06. The molecule has 0 amide bonds. The number of hydrogen-bond donors (Lipinski definition) is 1. The van der Waals surface area contributed by atoms with Crippen LogP contribution in [0.4, 0.5) is 5.82 Å². The van der Waals surface area contributed by atoms with E-state index in [-0.39, 0.29) is 0 Å². The highest BCUT2D eigenvalue weighted by Gasteiger charge is 2.08. The van der Waals surface area contributed by atoms with Crippen molar-refractivity contribution < 1.29 is 0 Å². The normalized spacial score (nSPS) is 10.7. The van der Waals surface area contributed by atoms with Crippen LogP contribution in [0.1, 0.15) is 23.2 Å². The summed E-state index contributed by atoms with van der Waals surface area (Å²) in [7, 11) is 2.03. The maximum atomic E-state index is 4.61. The number of rotatable bonds is 6. The van der Waals surface area contributed by atoms with Crippen molar-refractivity contribution in [2.75, 3.05) is 18.5 Å². The van der Waals surface area contributed by atoms with Crippen molar-refractivity contribution in [1.82, 2.24) is 20.3 Å². The van der Waals surface area contributed by atoms with Crippen molar-refractivity contribution in [2.24, 2.45) is 0 Å². The van der Waals surface area contributed by atoms with Gasteiger partial charge >= 0.3 is 0 Å². The van der Waals surface area contributed by atoms with Gasteiger partial charge in [-0.25, -0.2) is 9.97 Å². The van der Waals surface area contributed by atoms with E-state index < -0.39 is 0 Å². The maximum absolute atomic E-state index is 4.61. The lowest BCUT2D eigenvalue weighted by Gasteiger charge is -2.17. The molecule has 0 fully saturated rings. The fourth-order valence-electron chi connectivity index (χ4n) is 1.69. The first-order valence-corrected chi connectivity index (χ1v) is 7.20. The van der Waals surface area contributed by atoms with Gasteiger partial charge in [-0.15, -0.1) is 11.3 Å². The van der Waals surface area contributed by atoms with Gasteiger partial charge in [0.25, 0.3) is 0 Å². The second-order valence-corrected chi connectivity index (χ2v) is 5.31. The van der Waals surface area contributed by atoms with Crippen molar-refractivity contribution in [2.45, 2.75) is 26.9 Å². The smallest absolute Gasteiger partial charge is 0.147 e. The zero-order chi connectivity index (χ0) is 13.7. The first kappa shape index (κ1) is 13.9. The summed E-state index contributed by atoms with van der Waals surface area (Å²) in [5.74, 6) is 0.892. The standard InChI is InChI=1S/C13H19N5S/c1-4-14-5-11-6-15-7-13(17-11)18(3)8-12-10(2)16-9-19-12/h6-7,9,14H,4-5,8H2,1-3H3. The Bertz CT molecular complexity index is 525. The van der Waals surface area contributed by atoms with Gasteiger partial charge in [0.05, 0.1) is 29.6 Å². The number of aromatic nitrogens is 3. The van der Waals surface area contributed by atoms with Crippen molar-refractivity contribution in [3.8, 4) is 0 Å². The van der Waals surface area contributed by atoms with E-state index in [4.69, 9.17) is 0 Å². The van der Waals surface area contributed by atoms with Crippen LogP contribution < -0.4 is 10.2 Å². The van der Waals surface area contributed by atoms with Gasteiger partial charge in [-0.1, -0.05) is 6.92 Å². The molecule has 0 bridgehead atoms. The van der Waals surface area contributed by atoms with Crippen molar-refractivity contribution in [1.29, 1.82) is 0 Å². The number of hydrogen-bond acceptors (Lipinski definition) is 6. The van der Waals surface area contributed by atoms with E-state index in [0.29, 0.717) is 0 Å². The van der Waals surface area contributed by atoms with Crippen LogP contribution in [0.5, 0.6) is 0 Å². The highest BCUT2D eigenvalue weighted by atomic mass is 32.1. The number of anilines is 1. The maximum Gasteiger partial charge on any atom is 0.147 e. The molecule has 0 spiro atoms. The minimum Gasteiger partial charge on any atom is -0.353 e. The topological polar surface area (TPSA) is 53.9 Å². The summed E-state index contributed by atoms with van der Waals surface area (Å²) in [6.45, 7) is 6.62. The van der Waals surface area contributed by atoms with Gasteiger partial charge in [-0.2, -0.15) is 0 Å². The van der Waals surface area contributed by atoms with Gasteiger partial charge in [0.15, 0.2) is 0 Å². The summed E-state index contributed by atoms with van der Waals surface area (Å²) in [6.07, 6.45) is 3.60. The van der Waals surface area contributed by atoms with Gasteiger partial charge in [0.1, 0.15) is 5.82 Å². The van der Waals surface area contributed by atoms with E-state index in [1.807, 2.05) is 19.5 Å². The monoisotopic (exact) mass is 277 g/mol. The van der Waals surface area contributed by atoms with Crippen LogP contribution in [0.15, 0.2) is 17.9 Å². The fourth-order valence-corrected chi connectivity index (χ4v) is 2.52. The van der Waals surface area contributed by atoms with Crippen LogP contribution in [0.25, 0.3) is 0 Å². The minimum absolute atomic E-state index is 0.755. The quantitative estimate of drug-likeness (QED) is 0.875. The molecule has 0 radical (unpaired) electrons. The van der Waals surface area contributed by atoms with Crippen LogP contribution in [0.3, 0.4) is 0 Å². The number of thiazole rings is 1. The second kappa shape index (κ2) is 6.58. The molecule has 0 saturated heterocycles. The first-order chi connectivity index (χ1) is 9.20. The van der Waals surface area contributed by atoms with Crippen LogP contribution in [0, 0.1) is 6.92 Å². The zero-order valence-corrected chi connectivity index (χ0v) is 12.4. The zero-order valence-electron chi connectivity index (χ0n) is 11.6. The Morgan fingerprint density at radius 2 is 2.21 bits per heavy atom. The highest BCUT2D eigenvalue weighted by Crippen LogP contribution is 2.17. The summed E-state index contributed by atoms with van der Waals surface area (Å²) < 4.78 is 0. The van der Waals surface area contributed by atoms with E-state index >= 15 is 0 Å². The molecule has 2 rings (SSSR count). The summed E-state index contributed by atoms with van der Waals surface area (Å²) in [6, 6.07) is 0. The van der Waals surface area contributed by atoms with Gasteiger partial charge in [-0.05, 0) is 13.5 Å². The molecule has 0 unspecified atom stereocenters. The molecule has 0 aromatic carbocycles. The lowest BCUT2D eigenvalue weighted by molar-refractivity contribution is 0.704. The molecule has 6 heteroatoms. The Kier molecular flexibility index (Phi) is 4.81. The van der Waals surface area contributed by atoms with Crippen LogP contribution in [-0.2, 0) is 13.1 Å². The molecule has 0 aliphatic carbocycles. The molecule has 2 aromatic rings. The molecule has 5 nitrogen and oxygen atoms in total. The molecular formula is C13H19N5S. The third-order valence-corrected chi connectivity index (χ3v) is 3.76. The molecule has 0 aliphatic rings. The molecule has 0 aliphatic heterocycles. The van der Waals surface area contributed by atoms with Crippen LogP contribution in [-0.4, -0.2) is 28.5 Å². The summed E-state index contributed by atoms with van der Waals surface area (Å²) in [5.41, 5.74) is 3.94. The van der Waals surface area contributed by atoms with Crippen LogP contribution >= 0.6 is 11.3 Å². The number of aryl methyl sites for hydroxylation is 1. The van der Waals surface area contributed by atoms with Gasteiger partial charge in [0.2, 0.25) is 0 Å². The molecule has 2 heterocycles. The van der Waals surface area contributed by atoms with Gasteiger partial charge in [-0.3, -0.25) is 4.98 Å². The molecular weight excluding hydrogens is 258 g/mol. The van der Waals surface area contributed by atoms with Crippen molar-refractivity contribution >= 4 is 17.2 Å². The Labute approximate surface area is 117 Å². The first-order valence-electron chi connectivity index (χ1n) is 6.32. The Morgan fingerprint density at radius 3 is 2.89 bits per heavy atom. The Hall–Kier alpha value is -1.53.